The summed E-state index contributed by atoms with van der Waals surface area (Å²) in [6.45, 7) is 2.27. The highest BCUT2D eigenvalue weighted by molar-refractivity contribution is 5.44. The maximum atomic E-state index is 13.5. The number of alkyl halides is 6. The molecule has 1 aliphatic rings. The monoisotopic (exact) mass is 505 g/mol. The van der Waals surface area contributed by atoms with Crippen LogP contribution in [0.3, 0.4) is 0 Å². The van der Waals surface area contributed by atoms with Crippen LogP contribution in [0.4, 0.5) is 30.7 Å². The number of halogens is 7. The average Bonchev–Trinajstić information content (AvgIpc) is 2.79. The van der Waals surface area contributed by atoms with Gasteiger partial charge >= 0.3 is 12.4 Å². The lowest BCUT2D eigenvalue weighted by Crippen LogP contribution is -2.47. The number of nitrogens with zero attached hydrogens (tertiary/aromatic N) is 1. The van der Waals surface area contributed by atoms with Gasteiger partial charge in [-0.1, -0.05) is 12.1 Å². The molecule has 1 heterocycles. The predicted molar refractivity (Wildman–Crippen MR) is 111 cm³/mol. The Kier molecular flexibility index (Phi) is 8.38. The molecule has 2 aromatic carbocycles. The van der Waals surface area contributed by atoms with Gasteiger partial charge in [-0.05, 0) is 54.8 Å². The van der Waals surface area contributed by atoms with Gasteiger partial charge in [0, 0.05) is 19.2 Å². The van der Waals surface area contributed by atoms with Crippen molar-refractivity contribution in [2.45, 2.75) is 44.1 Å². The Morgan fingerprint density at radius 3 is 2.23 bits per heavy atom. The molecular formula is C24H22F7NO3. The van der Waals surface area contributed by atoms with Crippen molar-refractivity contribution in [3.63, 3.8) is 0 Å². The van der Waals surface area contributed by atoms with E-state index < -0.39 is 47.7 Å². The summed E-state index contributed by atoms with van der Waals surface area (Å²) in [6, 6.07) is 6.04. The third-order valence-electron chi connectivity index (χ3n) is 5.58. The van der Waals surface area contributed by atoms with Crippen LogP contribution >= 0.6 is 0 Å². The minimum atomic E-state index is -4.99. The minimum absolute atomic E-state index is 0.0525. The van der Waals surface area contributed by atoms with E-state index in [2.05, 4.69) is 0 Å². The number of carbonyl (C=O) groups excluding carboxylic acids is 1. The first-order valence-corrected chi connectivity index (χ1v) is 10.7. The zero-order valence-electron chi connectivity index (χ0n) is 18.5. The molecule has 0 saturated carbocycles. The Labute approximate surface area is 196 Å². The maximum absolute atomic E-state index is 13.5. The van der Waals surface area contributed by atoms with Gasteiger partial charge in [-0.3, -0.25) is 4.90 Å². The molecule has 2 aromatic rings. The fraction of sp³-hybridized carbons (Fsp3) is 0.417. The van der Waals surface area contributed by atoms with Crippen LogP contribution in [0, 0.1) is 5.82 Å². The zero-order valence-corrected chi connectivity index (χ0v) is 18.5. The van der Waals surface area contributed by atoms with E-state index >= 15 is 0 Å². The second kappa shape index (κ2) is 10.9. The molecule has 35 heavy (non-hydrogen) atoms. The van der Waals surface area contributed by atoms with Crippen molar-refractivity contribution in [1.82, 2.24) is 4.90 Å². The smallest absolute Gasteiger partial charge is 0.349 e. The van der Waals surface area contributed by atoms with Gasteiger partial charge in [-0.25, -0.2) is 9.18 Å². The molecule has 0 radical (unpaired) electrons. The number of hydrogen-bond acceptors (Lipinski definition) is 4. The molecule has 0 bridgehead atoms. The van der Waals surface area contributed by atoms with Crippen molar-refractivity contribution < 1.29 is 45.0 Å². The molecule has 1 fully saturated rings. The lowest BCUT2D eigenvalue weighted by atomic mass is 10.0. The highest BCUT2D eigenvalue weighted by atomic mass is 19.4. The fourth-order valence-electron chi connectivity index (χ4n) is 3.86. The molecule has 11 heteroatoms. The van der Waals surface area contributed by atoms with E-state index in [0.29, 0.717) is 37.2 Å². The van der Waals surface area contributed by atoms with Crippen LogP contribution in [0.15, 0.2) is 48.5 Å². The van der Waals surface area contributed by atoms with Gasteiger partial charge in [0.1, 0.15) is 11.8 Å². The van der Waals surface area contributed by atoms with E-state index in [1.807, 2.05) is 4.90 Å². The second-order valence-electron chi connectivity index (χ2n) is 8.00. The molecule has 3 atom stereocenters. The molecule has 3 rings (SSSR count). The van der Waals surface area contributed by atoms with E-state index in [1.54, 1.807) is 5.94 Å². The molecule has 0 unspecified atom stereocenters. The maximum Gasteiger partial charge on any atom is 0.416 e. The molecule has 1 saturated heterocycles. The van der Waals surface area contributed by atoms with Gasteiger partial charge < -0.3 is 9.47 Å². The largest absolute Gasteiger partial charge is 0.416 e. The first kappa shape index (κ1) is 26.9. The number of ether oxygens (including phenoxy) is 2. The van der Waals surface area contributed by atoms with Crippen molar-refractivity contribution in [2.24, 2.45) is 0 Å². The van der Waals surface area contributed by atoms with Crippen LogP contribution in [0.5, 0.6) is 0 Å². The van der Waals surface area contributed by atoms with Gasteiger partial charge in [-0.15, -0.1) is 0 Å². The topological polar surface area (TPSA) is 38.8 Å². The molecule has 1 aliphatic heterocycles. The minimum Gasteiger partial charge on any atom is -0.349 e. The third-order valence-corrected chi connectivity index (χ3v) is 5.58. The Bertz CT molecular complexity index is 1010. The first-order valence-electron chi connectivity index (χ1n) is 10.7. The molecule has 0 spiro atoms. The van der Waals surface area contributed by atoms with Crippen molar-refractivity contribution in [2.75, 3.05) is 19.7 Å². The van der Waals surface area contributed by atoms with Crippen LogP contribution in [-0.4, -0.2) is 36.8 Å². The predicted octanol–water partition coefficient (Wildman–Crippen LogP) is 6.12. The number of rotatable bonds is 7. The molecule has 0 N–H and O–H groups in total. The van der Waals surface area contributed by atoms with E-state index in [0.717, 1.165) is 0 Å². The van der Waals surface area contributed by atoms with Crippen LogP contribution < -0.4 is 0 Å². The Morgan fingerprint density at radius 2 is 1.69 bits per heavy atom. The molecule has 4 nitrogen and oxygen atoms in total. The molecule has 0 aromatic heterocycles. The molecule has 0 aliphatic carbocycles. The second-order valence-corrected chi connectivity index (χ2v) is 8.00. The third kappa shape index (κ3) is 6.91. The lowest BCUT2D eigenvalue weighted by Gasteiger charge is -2.42. The Morgan fingerprint density at radius 1 is 1.09 bits per heavy atom. The fourth-order valence-corrected chi connectivity index (χ4v) is 3.86. The van der Waals surface area contributed by atoms with Crippen molar-refractivity contribution in [3.05, 3.63) is 76.6 Å². The van der Waals surface area contributed by atoms with Gasteiger partial charge in [0.25, 0.3) is 0 Å². The quantitative estimate of drug-likeness (QED) is 0.336. The van der Waals surface area contributed by atoms with Gasteiger partial charge in [0.2, 0.25) is 0 Å². The van der Waals surface area contributed by atoms with Crippen LogP contribution in [0.1, 0.15) is 47.7 Å². The number of morpholine rings is 1. The van der Waals surface area contributed by atoms with Crippen molar-refractivity contribution in [1.29, 1.82) is 0 Å². The van der Waals surface area contributed by atoms with Crippen molar-refractivity contribution >= 4 is 5.94 Å². The van der Waals surface area contributed by atoms with Crippen molar-refractivity contribution in [3.8, 4) is 0 Å². The lowest BCUT2D eigenvalue weighted by molar-refractivity contribution is -0.229. The standard InChI is InChI=1S/C24H22F7NO3/c1-15(17-12-18(23(26,27)28)14-19(13-17)24(29,30)31)35-22-21(16-4-6-20(25)7-5-16)32(9-11-34-22)8-2-3-10-33/h3-7,12-15,21-22H,2,8-9,11H2,1H3/t15-,21+,22-/m1/s1. The molecule has 0 amide bonds. The van der Waals surface area contributed by atoms with Crippen LogP contribution in [0.25, 0.3) is 0 Å². The average molecular weight is 505 g/mol. The highest BCUT2D eigenvalue weighted by Gasteiger charge is 2.39. The first-order chi connectivity index (χ1) is 16.4. The van der Waals surface area contributed by atoms with Gasteiger partial charge in [0.05, 0.1) is 29.9 Å². The normalized spacial score (nSPS) is 20.3. The van der Waals surface area contributed by atoms with Crippen LogP contribution in [-0.2, 0) is 26.6 Å². The van der Waals surface area contributed by atoms with E-state index in [-0.39, 0.29) is 18.2 Å². The number of hydrogen-bond donors (Lipinski definition) is 0. The van der Waals surface area contributed by atoms with E-state index in [1.165, 1.54) is 37.3 Å². The van der Waals surface area contributed by atoms with Gasteiger partial charge in [-0.2, -0.15) is 26.3 Å². The van der Waals surface area contributed by atoms with Gasteiger partial charge in [0.15, 0.2) is 6.29 Å². The Hall–Kier alpha value is -2.72. The number of benzene rings is 2. The summed E-state index contributed by atoms with van der Waals surface area (Å²) in [5.41, 5.74) is -2.65. The molecular weight excluding hydrogens is 483 g/mol. The zero-order chi connectivity index (χ0) is 25.8. The molecule has 190 valence electrons. The summed E-state index contributed by atoms with van der Waals surface area (Å²) < 4.78 is 105. The summed E-state index contributed by atoms with van der Waals surface area (Å²) >= 11 is 0. The summed E-state index contributed by atoms with van der Waals surface area (Å²) in [4.78, 5) is 12.4. The van der Waals surface area contributed by atoms with Crippen LogP contribution in [0.2, 0.25) is 0 Å². The summed E-state index contributed by atoms with van der Waals surface area (Å²) in [5, 5.41) is 0. The SMILES string of the molecule is C[C@@H](O[C@H]1OCCN(CCC=C=O)[C@H]1c1ccc(F)cc1)c1cc(C(F)(F)F)cc(C(F)(F)F)c1. The summed E-state index contributed by atoms with van der Waals surface area (Å²) in [6.07, 6.45) is -10.6. The van der Waals surface area contributed by atoms with E-state index in [4.69, 9.17) is 9.47 Å². The van der Waals surface area contributed by atoms with E-state index in [9.17, 15) is 35.5 Å². The Balaban J connectivity index is 1.93. The summed E-state index contributed by atoms with van der Waals surface area (Å²) in [5.74, 6) is 1.18. The summed E-state index contributed by atoms with van der Waals surface area (Å²) in [7, 11) is 0. The highest BCUT2D eigenvalue weighted by Crippen LogP contribution is 2.39.